The summed E-state index contributed by atoms with van der Waals surface area (Å²) < 4.78 is 0. The summed E-state index contributed by atoms with van der Waals surface area (Å²) in [5.74, 6) is 0. The van der Waals surface area contributed by atoms with Crippen molar-refractivity contribution >= 4 is 16.9 Å². The Bertz CT molecular complexity index is 513. The van der Waals surface area contributed by atoms with Crippen LogP contribution in [0.3, 0.4) is 0 Å². The van der Waals surface area contributed by atoms with E-state index in [-0.39, 0.29) is 5.41 Å². The smallest absolute Gasteiger partial charge is 0.0339 e. The number of thiophene rings is 1. The summed E-state index contributed by atoms with van der Waals surface area (Å²) in [6.45, 7) is 3.47. The monoisotopic (exact) mass is 271 g/mol. The van der Waals surface area contributed by atoms with Crippen molar-refractivity contribution in [3.63, 3.8) is 0 Å². The summed E-state index contributed by atoms with van der Waals surface area (Å²) >= 11 is 1.82. The highest BCUT2D eigenvalue weighted by Crippen LogP contribution is 2.36. The third-order valence-electron chi connectivity index (χ3n) is 3.94. The van der Waals surface area contributed by atoms with Gasteiger partial charge in [0, 0.05) is 22.5 Å². The van der Waals surface area contributed by atoms with E-state index >= 15 is 0 Å². The molecule has 0 amide bonds. The van der Waals surface area contributed by atoms with Gasteiger partial charge in [-0.2, -0.15) is 0 Å². The van der Waals surface area contributed by atoms with Crippen LogP contribution in [-0.4, -0.2) is 6.54 Å². The molecule has 0 saturated carbocycles. The van der Waals surface area contributed by atoms with Gasteiger partial charge >= 0.3 is 0 Å². The molecule has 0 spiro atoms. The van der Waals surface area contributed by atoms with E-state index in [9.17, 15) is 0 Å². The summed E-state index contributed by atoms with van der Waals surface area (Å²) in [5, 5.41) is 5.68. The van der Waals surface area contributed by atoms with E-state index in [1.165, 1.54) is 35.4 Å². The summed E-state index contributed by atoms with van der Waals surface area (Å²) in [4.78, 5) is 1.38. The fourth-order valence-electron chi connectivity index (χ4n) is 2.78. The third kappa shape index (κ3) is 3.01. The Morgan fingerprint density at radius 3 is 2.95 bits per heavy atom. The molecule has 0 bridgehead atoms. The minimum absolute atomic E-state index is 0.181. The predicted octanol–water partition coefficient (Wildman–Crippen LogP) is 4.76. The average Bonchev–Trinajstić information content (AvgIpc) is 2.94. The Morgan fingerprint density at radius 1 is 1.37 bits per heavy atom. The molecule has 2 heteroatoms. The molecular weight excluding hydrogens is 250 g/mol. The van der Waals surface area contributed by atoms with E-state index in [0.717, 1.165) is 13.0 Å². The zero-order valence-corrected chi connectivity index (χ0v) is 12.3. The van der Waals surface area contributed by atoms with Crippen LogP contribution < -0.4 is 5.32 Å². The molecule has 1 saturated heterocycles. The van der Waals surface area contributed by atoms with Crippen molar-refractivity contribution in [3.8, 4) is 0 Å². The normalized spacial score (nSPS) is 29.1. The molecule has 1 aliphatic carbocycles. The molecule has 1 aliphatic heterocycles. The number of hydrogen-bond donors (Lipinski definition) is 1. The minimum atomic E-state index is 0.181. The molecule has 1 N–H and O–H groups in total. The van der Waals surface area contributed by atoms with Crippen molar-refractivity contribution in [2.75, 3.05) is 6.54 Å². The lowest BCUT2D eigenvalue weighted by Crippen LogP contribution is -2.23. The molecule has 100 valence electrons. The highest BCUT2D eigenvalue weighted by Gasteiger charge is 2.22. The minimum Gasteiger partial charge on any atom is -0.389 e. The zero-order chi connectivity index (χ0) is 13.1. The lowest BCUT2D eigenvalue weighted by atomic mass is 9.80. The van der Waals surface area contributed by atoms with Crippen LogP contribution in [0, 0.1) is 5.41 Å². The van der Waals surface area contributed by atoms with Crippen LogP contribution in [0.1, 0.15) is 37.5 Å². The van der Waals surface area contributed by atoms with Crippen LogP contribution in [0.4, 0.5) is 0 Å². The van der Waals surface area contributed by atoms with E-state index in [4.69, 9.17) is 0 Å². The maximum Gasteiger partial charge on any atom is 0.0339 e. The van der Waals surface area contributed by atoms with Crippen molar-refractivity contribution < 1.29 is 0 Å². The molecular formula is C17H21NS. The Labute approximate surface area is 119 Å². The van der Waals surface area contributed by atoms with Crippen LogP contribution in [0.25, 0.3) is 5.57 Å². The third-order valence-corrected chi connectivity index (χ3v) is 4.86. The second-order valence-corrected chi connectivity index (χ2v) is 6.68. The first-order valence-electron chi connectivity index (χ1n) is 7.14. The van der Waals surface area contributed by atoms with E-state index in [1.54, 1.807) is 0 Å². The van der Waals surface area contributed by atoms with Gasteiger partial charge in [-0.05, 0) is 42.7 Å². The van der Waals surface area contributed by atoms with Gasteiger partial charge in [-0.1, -0.05) is 37.3 Å². The molecule has 3 rings (SSSR count). The van der Waals surface area contributed by atoms with Crippen LogP contribution in [-0.2, 0) is 0 Å². The largest absolute Gasteiger partial charge is 0.389 e. The molecule has 2 heterocycles. The number of nitrogens with one attached hydrogen (secondary N) is 1. The van der Waals surface area contributed by atoms with Crippen LogP contribution in [0.15, 0.2) is 47.5 Å². The molecule has 19 heavy (non-hydrogen) atoms. The topological polar surface area (TPSA) is 12.0 Å². The van der Waals surface area contributed by atoms with Crippen molar-refractivity contribution in [2.24, 2.45) is 5.41 Å². The average molecular weight is 271 g/mol. The van der Waals surface area contributed by atoms with Gasteiger partial charge < -0.3 is 5.32 Å². The van der Waals surface area contributed by atoms with Crippen LogP contribution >= 0.6 is 11.3 Å². The van der Waals surface area contributed by atoms with Crippen LogP contribution in [0.2, 0.25) is 0 Å². The van der Waals surface area contributed by atoms with Crippen LogP contribution in [0.5, 0.6) is 0 Å². The molecule has 1 unspecified atom stereocenters. The van der Waals surface area contributed by atoms with Gasteiger partial charge in [0.25, 0.3) is 0 Å². The Hall–Kier alpha value is -1.28. The summed E-state index contributed by atoms with van der Waals surface area (Å²) in [5.41, 5.74) is 2.99. The maximum atomic E-state index is 3.54. The van der Waals surface area contributed by atoms with E-state index in [0.29, 0.717) is 0 Å². The van der Waals surface area contributed by atoms with Gasteiger partial charge in [0.2, 0.25) is 0 Å². The van der Waals surface area contributed by atoms with Crippen molar-refractivity contribution in [1.29, 1.82) is 0 Å². The molecule has 0 aromatic carbocycles. The quantitative estimate of drug-likeness (QED) is 0.818. The SMILES string of the molecule is CC1(C=C2CCCCN2)C=CC(c2cccs2)=CC1. The summed E-state index contributed by atoms with van der Waals surface area (Å²) in [6, 6.07) is 4.32. The fourth-order valence-corrected chi connectivity index (χ4v) is 3.53. The van der Waals surface area contributed by atoms with Crippen molar-refractivity contribution in [2.45, 2.75) is 32.6 Å². The molecule has 1 atom stereocenters. The van der Waals surface area contributed by atoms with Gasteiger partial charge in [-0.15, -0.1) is 11.3 Å². The molecule has 1 nitrogen and oxygen atoms in total. The Kier molecular flexibility index (Phi) is 3.61. The number of rotatable bonds is 2. The second-order valence-electron chi connectivity index (χ2n) is 5.73. The van der Waals surface area contributed by atoms with E-state index in [2.05, 4.69) is 54.1 Å². The van der Waals surface area contributed by atoms with E-state index in [1.807, 2.05) is 11.3 Å². The standard InChI is InChI=1S/C17H21NS/c1-17(13-15-5-2-3-11-18-15)9-7-14(8-10-17)16-6-4-12-19-16/h4,6-9,12-13,18H,2-3,5,10-11H2,1H3. The Balaban J connectivity index is 1.73. The first-order chi connectivity index (χ1) is 9.25. The zero-order valence-electron chi connectivity index (χ0n) is 11.5. The highest BCUT2D eigenvalue weighted by atomic mass is 32.1. The van der Waals surface area contributed by atoms with Gasteiger partial charge in [0.15, 0.2) is 0 Å². The van der Waals surface area contributed by atoms with Crippen molar-refractivity contribution in [3.05, 3.63) is 52.4 Å². The first-order valence-corrected chi connectivity index (χ1v) is 8.02. The Morgan fingerprint density at radius 2 is 2.32 bits per heavy atom. The van der Waals surface area contributed by atoms with E-state index < -0.39 is 0 Å². The molecule has 0 radical (unpaired) electrons. The lowest BCUT2D eigenvalue weighted by molar-refractivity contribution is 0.522. The van der Waals surface area contributed by atoms with Crippen molar-refractivity contribution in [1.82, 2.24) is 5.32 Å². The highest BCUT2D eigenvalue weighted by molar-refractivity contribution is 7.11. The first kappa shape index (κ1) is 12.7. The lowest BCUT2D eigenvalue weighted by Gasteiger charge is -2.27. The molecule has 1 aromatic heterocycles. The van der Waals surface area contributed by atoms with Gasteiger partial charge in [-0.3, -0.25) is 0 Å². The summed E-state index contributed by atoms with van der Waals surface area (Å²) in [7, 11) is 0. The molecule has 1 fully saturated rings. The summed E-state index contributed by atoms with van der Waals surface area (Å²) in [6.07, 6.45) is 14.4. The molecule has 1 aromatic rings. The number of piperidine rings is 1. The van der Waals surface area contributed by atoms with Gasteiger partial charge in [0.1, 0.15) is 0 Å². The number of allylic oxidation sites excluding steroid dienone is 6. The number of hydrogen-bond acceptors (Lipinski definition) is 2. The predicted molar refractivity (Wildman–Crippen MR) is 84.1 cm³/mol. The fraction of sp³-hybridized carbons (Fsp3) is 0.412. The molecule has 2 aliphatic rings. The maximum absolute atomic E-state index is 3.54. The van der Waals surface area contributed by atoms with Gasteiger partial charge in [-0.25, -0.2) is 0 Å². The second kappa shape index (κ2) is 5.38. The van der Waals surface area contributed by atoms with Gasteiger partial charge in [0.05, 0.1) is 0 Å².